The molecule has 1 aromatic heterocycles. The summed E-state index contributed by atoms with van der Waals surface area (Å²) in [5.41, 5.74) is 1.90. The third-order valence-corrected chi connectivity index (χ3v) is 4.41. The van der Waals surface area contributed by atoms with Crippen LogP contribution in [0.1, 0.15) is 16.3 Å². The number of ether oxygens (including phenoxy) is 3. The van der Waals surface area contributed by atoms with E-state index in [0.717, 1.165) is 42.6 Å². The number of benzene rings is 1. The van der Waals surface area contributed by atoms with E-state index in [1.807, 2.05) is 41.7 Å². The predicted molar refractivity (Wildman–Crippen MR) is 94.2 cm³/mol. The van der Waals surface area contributed by atoms with Crippen molar-refractivity contribution >= 4 is 17.6 Å². The van der Waals surface area contributed by atoms with Crippen molar-refractivity contribution in [1.29, 1.82) is 0 Å². The van der Waals surface area contributed by atoms with Gasteiger partial charge in [-0.05, 0) is 30.7 Å². The minimum absolute atomic E-state index is 0.432. The van der Waals surface area contributed by atoms with Crippen LogP contribution in [-0.4, -0.2) is 49.6 Å². The van der Waals surface area contributed by atoms with E-state index in [0.29, 0.717) is 18.1 Å². The fraction of sp³-hybridized carbons (Fsp3) is 0.412. The maximum atomic E-state index is 5.82. The van der Waals surface area contributed by atoms with E-state index in [4.69, 9.17) is 14.2 Å². The molecule has 0 saturated carbocycles. The number of hydrazone groups is 1. The summed E-state index contributed by atoms with van der Waals surface area (Å²) in [7, 11) is 1.64. The zero-order chi connectivity index (χ0) is 16.8. The summed E-state index contributed by atoms with van der Waals surface area (Å²) in [6.45, 7) is 5.51. The van der Waals surface area contributed by atoms with Gasteiger partial charge in [-0.3, -0.25) is 5.01 Å². The van der Waals surface area contributed by atoms with Gasteiger partial charge in [0, 0.05) is 5.38 Å². The Kier molecular flexibility index (Phi) is 5.66. The van der Waals surface area contributed by atoms with E-state index in [2.05, 4.69) is 10.1 Å². The molecule has 0 N–H and O–H groups in total. The molecule has 1 saturated heterocycles. The van der Waals surface area contributed by atoms with Gasteiger partial charge < -0.3 is 14.2 Å². The lowest BCUT2D eigenvalue weighted by molar-refractivity contribution is 0.0397. The Hall–Kier alpha value is -2.12. The van der Waals surface area contributed by atoms with Crippen molar-refractivity contribution < 1.29 is 14.2 Å². The lowest BCUT2D eigenvalue weighted by atomic mass is 10.2. The second-order valence-corrected chi connectivity index (χ2v) is 6.43. The molecule has 1 aliphatic rings. The van der Waals surface area contributed by atoms with Gasteiger partial charge in [0.15, 0.2) is 11.5 Å². The highest BCUT2D eigenvalue weighted by Crippen LogP contribution is 2.28. The molecule has 7 heteroatoms. The number of hydrogen-bond donors (Lipinski definition) is 0. The molecule has 0 unspecified atom stereocenters. The Bertz CT molecular complexity index is 696. The van der Waals surface area contributed by atoms with Crippen LogP contribution in [0.3, 0.4) is 0 Å². The molecule has 0 spiro atoms. The summed E-state index contributed by atoms with van der Waals surface area (Å²) in [5, 5.41) is 9.53. The van der Waals surface area contributed by atoms with Gasteiger partial charge in [-0.1, -0.05) is 0 Å². The molecule has 24 heavy (non-hydrogen) atoms. The first kappa shape index (κ1) is 16.7. The largest absolute Gasteiger partial charge is 0.493 e. The van der Waals surface area contributed by atoms with Crippen LogP contribution in [0.15, 0.2) is 28.7 Å². The van der Waals surface area contributed by atoms with Crippen LogP contribution in [0.5, 0.6) is 11.5 Å². The second-order valence-electron chi connectivity index (χ2n) is 5.37. The van der Waals surface area contributed by atoms with Gasteiger partial charge in [-0.25, -0.2) is 4.98 Å². The molecule has 6 nitrogen and oxygen atoms in total. The predicted octanol–water partition coefficient (Wildman–Crippen LogP) is 2.71. The molecule has 0 aliphatic carbocycles. The maximum Gasteiger partial charge on any atom is 0.161 e. The van der Waals surface area contributed by atoms with E-state index in [9.17, 15) is 0 Å². The summed E-state index contributed by atoms with van der Waals surface area (Å²) in [4.78, 5) is 4.40. The van der Waals surface area contributed by atoms with Crippen molar-refractivity contribution in [3.63, 3.8) is 0 Å². The van der Waals surface area contributed by atoms with Crippen molar-refractivity contribution in [3.8, 4) is 11.5 Å². The topological polar surface area (TPSA) is 56.2 Å². The molecule has 0 atom stereocenters. The fourth-order valence-electron chi connectivity index (χ4n) is 2.33. The number of aromatic nitrogens is 1. The van der Waals surface area contributed by atoms with Gasteiger partial charge in [0.2, 0.25) is 0 Å². The average Bonchev–Trinajstić information content (AvgIpc) is 3.04. The Balaban J connectivity index is 1.64. The molecule has 2 heterocycles. The molecule has 1 fully saturated rings. The standard InChI is InChI=1S/C17H21N3O3S/c1-13-19-15(12-24-13)11-23-16-4-3-14(9-17(16)21-2)10-18-20-5-7-22-8-6-20/h3-4,9-10,12H,5-8,11H2,1-2H3/b18-10-. The zero-order valence-corrected chi connectivity index (χ0v) is 14.7. The summed E-state index contributed by atoms with van der Waals surface area (Å²) in [6, 6.07) is 5.79. The summed E-state index contributed by atoms with van der Waals surface area (Å²) in [5.74, 6) is 1.39. The molecule has 0 bridgehead atoms. The first-order valence-electron chi connectivity index (χ1n) is 7.83. The second kappa shape index (κ2) is 8.12. The Labute approximate surface area is 145 Å². The van der Waals surface area contributed by atoms with Crippen LogP contribution in [0.4, 0.5) is 0 Å². The molecular formula is C17H21N3O3S. The quantitative estimate of drug-likeness (QED) is 0.752. The number of rotatable bonds is 6. The van der Waals surface area contributed by atoms with Crippen molar-refractivity contribution in [2.45, 2.75) is 13.5 Å². The SMILES string of the molecule is COc1cc(/C=N\N2CCOCC2)ccc1OCc1csc(C)n1. The van der Waals surface area contributed by atoms with Crippen LogP contribution in [0, 0.1) is 6.92 Å². The van der Waals surface area contributed by atoms with Gasteiger partial charge in [0.1, 0.15) is 6.61 Å². The lowest BCUT2D eigenvalue weighted by Crippen LogP contribution is -2.32. The van der Waals surface area contributed by atoms with E-state index in [-0.39, 0.29) is 0 Å². The monoisotopic (exact) mass is 347 g/mol. The van der Waals surface area contributed by atoms with Gasteiger partial charge in [0.25, 0.3) is 0 Å². The molecule has 1 aliphatic heterocycles. The van der Waals surface area contributed by atoms with Crippen LogP contribution < -0.4 is 9.47 Å². The Morgan fingerprint density at radius 1 is 1.33 bits per heavy atom. The number of methoxy groups -OCH3 is 1. The number of aryl methyl sites for hydroxylation is 1. The highest BCUT2D eigenvalue weighted by atomic mass is 32.1. The van der Waals surface area contributed by atoms with Gasteiger partial charge in [0.05, 0.1) is 50.3 Å². The summed E-state index contributed by atoms with van der Waals surface area (Å²) in [6.07, 6.45) is 1.83. The first-order valence-corrected chi connectivity index (χ1v) is 8.71. The van der Waals surface area contributed by atoms with Crippen LogP contribution in [0.2, 0.25) is 0 Å². The fourth-order valence-corrected chi connectivity index (χ4v) is 2.92. The summed E-state index contributed by atoms with van der Waals surface area (Å²) >= 11 is 1.62. The van der Waals surface area contributed by atoms with Crippen LogP contribution >= 0.6 is 11.3 Å². The summed E-state index contributed by atoms with van der Waals surface area (Å²) < 4.78 is 16.6. The molecule has 2 aromatic rings. The Morgan fingerprint density at radius 3 is 2.88 bits per heavy atom. The van der Waals surface area contributed by atoms with Crippen molar-refractivity contribution in [2.24, 2.45) is 5.10 Å². The maximum absolute atomic E-state index is 5.82. The molecule has 0 radical (unpaired) electrons. The number of thiazole rings is 1. The van der Waals surface area contributed by atoms with Crippen molar-refractivity contribution in [3.05, 3.63) is 39.8 Å². The average molecular weight is 347 g/mol. The van der Waals surface area contributed by atoms with Crippen LogP contribution in [-0.2, 0) is 11.3 Å². The van der Waals surface area contributed by atoms with Gasteiger partial charge in [-0.15, -0.1) is 11.3 Å². The molecule has 3 rings (SSSR count). The van der Waals surface area contributed by atoms with E-state index >= 15 is 0 Å². The number of hydrogen-bond acceptors (Lipinski definition) is 7. The Morgan fingerprint density at radius 2 is 2.17 bits per heavy atom. The van der Waals surface area contributed by atoms with E-state index in [1.54, 1.807) is 18.4 Å². The third kappa shape index (κ3) is 4.46. The highest BCUT2D eigenvalue weighted by Gasteiger charge is 2.09. The highest BCUT2D eigenvalue weighted by molar-refractivity contribution is 7.09. The first-order chi connectivity index (χ1) is 11.7. The third-order valence-electron chi connectivity index (χ3n) is 3.59. The molecular weight excluding hydrogens is 326 g/mol. The van der Waals surface area contributed by atoms with E-state index in [1.165, 1.54) is 0 Å². The normalized spacial score (nSPS) is 15.0. The van der Waals surface area contributed by atoms with Crippen molar-refractivity contribution in [2.75, 3.05) is 33.4 Å². The molecule has 0 amide bonds. The van der Waals surface area contributed by atoms with Gasteiger partial charge >= 0.3 is 0 Å². The molecule has 1 aromatic carbocycles. The minimum atomic E-state index is 0.432. The van der Waals surface area contributed by atoms with Crippen molar-refractivity contribution in [1.82, 2.24) is 9.99 Å². The molecule has 128 valence electrons. The van der Waals surface area contributed by atoms with Gasteiger partial charge in [-0.2, -0.15) is 5.10 Å². The zero-order valence-electron chi connectivity index (χ0n) is 13.9. The number of nitrogens with zero attached hydrogens (tertiary/aromatic N) is 3. The van der Waals surface area contributed by atoms with E-state index < -0.39 is 0 Å². The number of morpholine rings is 1. The minimum Gasteiger partial charge on any atom is -0.493 e. The smallest absolute Gasteiger partial charge is 0.161 e. The lowest BCUT2D eigenvalue weighted by Gasteiger charge is -2.23. The van der Waals surface area contributed by atoms with Crippen LogP contribution in [0.25, 0.3) is 0 Å².